The molecule has 0 aromatic heterocycles. The summed E-state index contributed by atoms with van der Waals surface area (Å²) in [5, 5.41) is 9.64. The van der Waals surface area contributed by atoms with Gasteiger partial charge in [-0.2, -0.15) is 0 Å². The molecule has 3 rings (SSSR count). The topological polar surface area (TPSA) is 20.2 Å². The SMILES string of the molecule is O[C@@H]1C[C@@H]2C=C[C@@H]3C=C[C@H]1[C@H]32. The second kappa shape index (κ2) is 1.78. The Balaban J connectivity index is 2.04. The van der Waals surface area contributed by atoms with Gasteiger partial charge in [0.05, 0.1) is 6.10 Å². The molecule has 1 heteroatoms. The summed E-state index contributed by atoms with van der Waals surface area (Å²) in [5.41, 5.74) is 0. The second-order valence-corrected chi connectivity index (χ2v) is 3.97. The lowest BCUT2D eigenvalue weighted by Gasteiger charge is -2.14. The number of hydrogen-bond donors (Lipinski definition) is 1. The summed E-state index contributed by atoms with van der Waals surface area (Å²) in [4.78, 5) is 0. The minimum atomic E-state index is -0.0591. The molecule has 1 nitrogen and oxygen atoms in total. The van der Waals surface area contributed by atoms with Crippen LogP contribution in [0.25, 0.3) is 0 Å². The monoisotopic (exact) mass is 148 g/mol. The van der Waals surface area contributed by atoms with E-state index >= 15 is 0 Å². The van der Waals surface area contributed by atoms with Crippen LogP contribution in [0, 0.1) is 23.7 Å². The van der Waals surface area contributed by atoms with E-state index in [1.165, 1.54) is 0 Å². The predicted molar refractivity (Wildman–Crippen MR) is 42.9 cm³/mol. The van der Waals surface area contributed by atoms with Crippen molar-refractivity contribution in [2.24, 2.45) is 23.7 Å². The van der Waals surface area contributed by atoms with E-state index in [-0.39, 0.29) is 6.10 Å². The fraction of sp³-hybridized carbons (Fsp3) is 0.600. The molecule has 5 atom stereocenters. The van der Waals surface area contributed by atoms with E-state index in [9.17, 15) is 5.11 Å². The maximum absolute atomic E-state index is 9.64. The van der Waals surface area contributed by atoms with Crippen molar-refractivity contribution in [1.29, 1.82) is 0 Å². The standard InChI is InChI=1S/C10H12O/c11-9-5-7-2-1-6-3-4-8(9)10(6)7/h1-4,6-11H,5H2/t6-,7+,8-,9-,10-/m1/s1. The summed E-state index contributed by atoms with van der Waals surface area (Å²) in [6.45, 7) is 0. The summed E-state index contributed by atoms with van der Waals surface area (Å²) >= 11 is 0. The Hall–Kier alpha value is -0.560. The zero-order valence-electron chi connectivity index (χ0n) is 6.35. The highest BCUT2D eigenvalue weighted by molar-refractivity contribution is 5.26. The first-order valence-electron chi connectivity index (χ1n) is 4.41. The van der Waals surface area contributed by atoms with E-state index < -0.39 is 0 Å². The highest BCUT2D eigenvalue weighted by atomic mass is 16.3. The van der Waals surface area contributed by atoms with E-state index in [1.54, 1.807) is 0 Å². The summed E-state index contributed by atoms with van der Waals surface area (Å²) in [6, 6.07) is 0. The molecule has 1 fully saturated rings. The Bertz CT molecular complexity index is 241. The first-order valence-corrected chi connectivity index (χ1v) is 4.41. The first kappa shape index (κ1) is 6.01. The molecule has 1 saturated carbocycles. The Morgan fingerprint density at radius 2 is 1.91 bits per heavy atom. The molecule has 3 aliphatic rings. The van der Waals surface area contributed by atoms with Gasteiger partial charge in [0.15, 0.2) is 0 Å². The third kappa shape index (κ3) is 0.603. The molecule has 58 valence electrons. The van der Waals surface area contributed by atoms with Crippen LogP contribution in [0.5, 0.6) is 0 Å². The summed E-state index contributed by atoms with van der Waals surface area (Å²) in [6.07, 6.45) is 10.0. The van der Waals surface area contributed by atoms with Crippen LogP contribution in [0.2, 0.25) is 0 Å². The van der Waals surface area contributed by atoms with Crippen LogP contribution in [0.15, 0.2) is 24.3 Å². The van der Waals surface area contributed by atoms with Gasteiger partial charge in [0.1, 0.15) is 0 Å². The minimum absolute atomic E-state index is 0.0591. The smallest absolute Gasteiger partial charge is 0.0611 e. The lowest BCUT2D eigenvalue weighted by Crippen LogP contribution is -2.15. The number of hydrogen-bond acceptors (Lipinski definition) is 1. The minimum Gasteiger partial charge on any atom is -0.392 e. The Labute approximate surface area is 66.4 Å². The first-order chi connectivity index (χ1) is 5.36. The van der Waals surface area contributed by atoms with Crippen LogP contribution < -0.4 is 0 Å². The lowest BCUT2D eigenvalue weighted by atomic mass is 9.90. The summed E-state index contributed by atoms with van der Waals surface area (Å²) in [7, 11) is 0. The van der Waals surface area contributed by atoms with Gasteiger partial charge in [-0.05, 0) is 24.2 Å². The molecule has 0 aliphatic heterocycles. The molecule has 0 radical (unpaired) electrons. The maximum Gasteiger partial charge on any atom is 0.0611 e. The van der Waals surface area contributed by atoms with Gasteiger partial charge in [-0.25, -0.2) is 0 Å². The Kier molecular flexibility index (Phi) is 0.972. The van der Waals surface area contributed by atoms with Crippen LogP contribution in [0.4, 0.5) is 0 Å². The van der Waals surface area contributed by atoms with Crippen molar-refractivity contribution < 1.29 is 5.11 Å². The normalized spacial score (nSPS) is 57.4. The second-order valence-electron chi connectivity index (χ2n) is 3.97. The van der Waals surface area contributed by atoms with Gasteiger partial charge >= 0.3 is 0 Å². The van der Waals surface area contributed by atoms with E-state index in [1.807, 2.05) is 0 Å². The Morgan fingerprint density at radius 1 is 1.09 bits per heavy atom. The van der Waals surface area contributed by atoms with Crippen molar-refractivity contribution in [2.45, 2.75) is 12.5 Å². The molecule has 0 aromatic rings. The van der Waals surface area contributed by atoms with E-state index in [0.717, 1.165) is 12.3 Å². The van der Waals surface area contributed by atoms with Gasteiger partial charge in [-0.1, -0.05) is 24.3 Å². The maximum atomic E-state index is 9.64. The van der Waals surface area contributed by atoms with Gasteiger partial charge in [-0.15, -0.1) is 0 Å². The molecule has 0 amide bonds. The molecule has 0 saturated heterocycles. The van der Waals surface area contributed by atoms with Crippen LogP contribution in [-0.4, -0.2) is 11.2 Å². The molecule has 1 N–H and O–H groups in total. The third-order valence-electron chi connectivity index (χ3n) is 3.48. The van der Waals surface area contributed by atoms with Crippen LogP contribution in [0.3, 0.4) is 0 Å². The van der Waals surface area contributed by atoms with E-state index in [4.69, 9.17) is 0 Å². The quantitative estimate of drug-likeness (QED) is 0.514. The van der Waals surface area contributed by atoms with Gasteiger partial charge in [0.2, 0.25) is 0 Å². The molecule has 0 bridgehead atoms. The van der Waals surface area contributed by atoms with Gasteiger partial charge in [0.25, 0.3) is 0 Å². The number of aliphatic hydroxyl groups is 1. The van der Waals surface area contributed by atoms with E-state index in [0.29, 0.717) is 17.8 Å². The average Bonchev–Trinajstić information content (AvgIpc) is 2.53. The average molecular weight is 148 g/mol. The predicted octanol–water partition coefficient (Wildman–Crippen LogP) is 1.36. The van der Waals surface area contributed by atoms with Crippen molar-refractivity contribution in [3.05, 3.63) is 24.3 Å². The number of allylic oxidation sites excluding steroid dienone is 3. The zero-order chi connectivity index (χ0) is 7.42. The van der Waals surface area contributed by atoms with Crippen LogP contribution in [0.1, 0.15) is 6.42 Å². The number of aliphatic hydroxyl groups excluding tert-OH is 1. The molecule has 0 unspecified atom stereocenters. The largest absolute Gasteiger partial charge is 0.392 e. The molecular weight excluding hydrogens is 136 g/mol. The van der Waals surface area contributed by atoms with Gasteiger partial charge in [0, 0.05) is 5.92 Å². The fourth-order valence-electron chi connectivity index (χ4n) is 2.99. The molecular formula is C10H12O. The molecule has 0 heterocycles. The third-order valence-corrected chi connectivity index (χ3v) is 3.48. The van der Waals surface area contributed by atoms with Gasteiger partial charge < -0.3 is 5.11 Å². The zero-order valence-corrected chi connectivity index (χ0v) is 6.35. The van der Waals surface area contributed by atoms with Crippen LogP contribution >= 0.6 is 0 Å². The summed E-state index contributed by atoms with van der Waals surface area (Å²) < 4.78 is 0. The molecule has 0 aromatic carbocycles. The highest BCUT2D eigenvalue weighted by Crippen LogP contribution is 2.51. The fourth-order valence-corrected chi connectivity index (χ4v) is 2.99. The van der Waals surface area contributed by atoms with Crippen molar-refractivity contribution >= 4 is 0 Å². The molecule has 11 heavy (non-hydrogen) atoms. The van der Waals surface area contributed by atoms with Crippen molar-refractivity contribution in [3.63, 3.8) is 0 Å². The van der Waals surface area contributed by atoms with Crippen LogP contribution in [-0.2, 0) is 0 Å². The van der Waals surface area contributed by atoms with Crippen molar-refractivity contribution in [2.75, 3.05) is 0 Å². The van der Waals surface area contributed by atoms with Crippen molar-refractivity contribution in [1.82, 2.24) is 0 Å². The molecule has 3 aliphatic carbocycles. The highest BCUT2D eigenvalue weighted by Gasteiger charge is 2.47. The number of rotatable bonds is 0. The van der Waals surface area contributed by atoms with Gasteiger partial charge in [-0.3, -0.25) is 0 Å². The summed E-state index contributed by atoms with van der Waals surface area (Å²) in [5.74, 6) is 2.53. The molecule has 0 spiro atoms. The van der Waals surface area contributed by atoms with E-state index in [2.05, 4.69) is 24.3 Å². The van der Waals surface area contributed by atoms with Crippen molar-refractivity contribution in [3.8, 4) is 0 Å². The Morgan fingerprint density at radius 3 is 2.82 bits per heavy atom. The lowest BCUT2D eigenvalue weighted by molar-refractivity contribution is 0.142.